The maximum atomic E-state index is 15.7. The molecule has 7 N–H and O–H groups in total. The molecule has 2 aliphatic rings. The average Bonchev–Trinajstić information content (AvgIpc) is 3.63. The molecule has 0 spiro atoms. The molecule has 0 saturated heterocycles. The molecule has 7 rings (SSSR count). The number of benzene rings is 5. The van der Waals surface area contributed by atoms with Crippen LogP contribution in [0, 0.1) is 5.82 Å². The van der Waals surface area contributed by atoms with Gasteiger partial charge in [0.25, 0.3) is 60.7 Å². The van der Waals surface area contributed by atoms with E-state index in [1.807, 2.05) is 0 Å². The van der Waals surface area contributed by atoms with Crippen molar-refractivity contribution in [2.45, 2.75) is 70.9 Å². The Morgan fingerprint density at radius 3 is 1.70 bits per heavy atom. The van der Waals surface area contributed by atoms with Crippen LogP contribution < -0.4 is 9.64 Å². The molecule has 0 atom stereocenters. The zero-order chi connectivity index (χ0) is 57.4. The molecule has 0 amide bonds. The molecule has 0 unspecified atom stereocenters. The molecule has 0 radical (unpaired) electrons. The van der Waals surface area contributed by atoms with Crippen LogP contribution in [0.15, 0.2) is 116 Å². The SMILES string of the molecule is CC1(C)C(=CC=C(C=CC2=[N+](CCCS(=O)(=O)O)c3ccc4c(S(=O)(=O)O)cc(S(=O)(=O)O)cc4c3C2(C)C)c2cc(F)cc(OCC(=O)O)c2)N(CCCS(=O)(=O)O)c2ccc3c(S(=O)(=O)O)cc(S(=O)(=O)O)cc3c21. The summed E-state index contributed by atoms with van der Waals surface area (Å²) >= 11 is 0. The van der Waals surface area contributed by atoms with Gasteiger partial charge in [-0.15, -0.1) is 0 Å². The number of halogens is 1. The van der Waals surface area contributed by atoms with Crippen LogP contribution in [-0.2, 0) is 76.3 Å². The highest BCUT2D eigenvalue weighted by Gasteiger charge is 2.47. The lowest BCUT2D eigenvalue weighted by Gasteiger charge is -2.27. The predicted octanol–water partition coefficient (Wildman–Crippen LogP) is 5.84. The number of fused-ring (bicyclic) bond motifs is 6. The van der Waals surface area contributed by atoms with Gasteiger partial charge in [0, 0.05) is 64.3 Å². The van der Waals surface area contributed by atoms with E-state index in [2.05, 4.69) is 0 Å². The summed E-state index contributed by atoms with van der Waals surface area (Å²) in [4.78, 5) is 9.48. The number of carboxylic acids is 1. The number of ether oxygens (including phenoxy) is 1. The summed E-state index contributed by atoms with van der Waals surface area (Å²) in [6, 6.07) is 11.6. The topological polar surface area (TPSA) is 379 Å². The molecule has 2 heterocycles. The van der Waals surface area contributed by atoms with E-state index < -0.39 is 121 Å². The summed E-state index contributed by atoms with van der Waals surface area (Å²) in [5.41, 5.74) is -1.29. The molecule has 30 heteroatoms. The first-order valence-electron chi connectivity index (χ1n) is 22.4. The van der Waals surface area contributed by atoms with E-state index >= 15 is 4.39 Å². The Hall–Kier alpha value is -6.03. The molecule has 0 saturated carbocycles. The van der Waals surface area contributed by atoms with Crippen LogP contribution in [0.1, 0.15) is 57.2 Å². The van der Waals surface area contributed by atoms with Gasteiger partial charge in [0.15, 0.2) is 12.3 Å². The summed E-state index contributed by atoms with van der Waals surface area (Å²) in [5, 5.41) is 8.80. The van der Waals surface area contributed by atoms with E-state index in [1.165, 1.54) is 54.6 Å². The van der Waals surface area contributed by atoms with Crippen molar-refractivity contribution in [2.24, 2.45) is 0 Å². The lowest BCUT2D eigenvalue weighted by Crippen LogP contribution is -2.28. The van der Waals surface area contributed by atoms with Gasteiger partial charge in [0.2, 0.25) is 5.69 Å². The molecule has 2 aliphatic heterocycles. The number of hydrogen-bond donors (Lipinski definition) is 7. The van der Waals surface area contributed by atoms with Crippen LogP contribution in [-0.4, -0.2) is 130 Å². The van der Waals surface area contributed by atoms with Crippen LogP contribution in [0.4, 0.5) is 15.8 Å². The first-order valence-corrected chi connectivity index (χ1v) is 31.4. The van der Waals surface area contributed by atoms with Gasteiger partial charge in [-0.05, 0) is 108 Å². The van der Waals surface area contributed by atoms with Crippen molar-refractivity contribution in [3.8, 4) is 5.75 Å². The van der Waals surface area contributed by atoms with Crippen LogP contribution in [0.2, 0.25) is 0 Å². The quantitative estimate of drug-likeness (QED) is 0.0290. The second kappa shape index (κ2) is 20.3. The number of hydrogen-bond acceptors (Lipinski definition) is 15. The Morgan fingerprint density at radius 1 is 0.649 bits per heavy atom. The fourth-order valence-corrected chi connectivity index (χ4v) is 13.5. The fourth-order valence-electron chi connectivity index (χ4n) is 9.84. The standard InChI is InChI=1S/C47H47FN2O21S6/c1-46(2)41(49(15-5-17-72(53,54)55)37-11-9-33-35(44(37)46)22-31(74(59,60)61)24-39(33)76(65,66)67)13-7-27(28-19-29(48)21-30(20-28)71-26-43(51)52)8-14-42-47(3,4)45-36-23-32(75(62,63)64)25-40(77(68,69)70)34(36)10-12-38(45)50(42)16-6-18-73(56,57)58/h7-14,19-25H,5-6,15-18,26H2,1-4H3,(H6-,51,52,53,54,55,56,57,58,59,60,61,62,63,64,65,66,67,68,69,70)/p+1. The average molecular weight is 1190 g/mol. The first-order chi connectivity index (χ1) is 35.2. The summed E-state index contributed by atoms with van der Waals surface area (Å²) in [6.07, 6.45) is 5.30. The third-order valence-corrected chi connectivity index (χ3v) is 18.0. The van der Waals surface area contributed by atoms with Crippen molar-refractivity contribution in [3.05, 3.63) is 119 Å². The molecular formula is C47H48FN2O21S6+. The highest BCUT2D eigenvalue weighted by atomic mass is 32.2. The van der Waals surface area contributed by atoms with Gasteiger partial charge in [-0.2, -0.15) is 55.1 Å². The first kappa shape index (κ1) is 58.6. The molecule has 0 aliphatic carbocycles. The summed E-state index contributed by atoms with van der Waals surface area (Å²) in [6.45, 7) is 5.15. The highest BCUT2D eigenvalue weighted by molar-refractivity contribution is 7.87. The van der Waals surface area contributed by atoms with Gasteiger partial charge in [-0.3, -0.25) is 27.3 Å². The second-order valence-corrected chi connectivity index (χ2v) is 27.7. The minimum absolute atomic E-state index is 0.00125. The maximum Gasteiger partial charge on any atom is 0.341 e. The van der Waals surface area contributed by atoms with Crippen molar-refractivity contribution >= 4 is 111 Å². The molecule has 0 bridgehead atoms. The number of allylic oxidation sites excluding steroid dienone is 6. The molecule has 0 fully saturated rings. The van der Waals surface area contributed by atoms with Gasteiger partial charge >= 0.3 is 5.97 Å². The number of aliphatic carboxylic acids is 1. The number of nitrogens with zero attached hydrogens (tertiary/aromatic N) is 2. The number of rotatable bonds is 19. The molecule has 5 aromatic rings. The molecule has 23 nitrogen and oxygen atoms in total. The summed E-state index contributed by atoms with van der Waals surface area (Å²) < 4.78 is 232. The Bertz CT molecular complexity index is 4210. The number of carboxylic acid groups (broad SMARTS) is 1. The van der Waals surface area contributed by atoms with Gasteiger partial charge in [0.1, 0.15) is 27.9 Å². The van der Waals surface area contributed by atoms with Gasteiger partial charge in [0.05, 0.1) is 26.7 Å². The van der Waals surface area contributed by atoms with E-state index in [9.17, 15) is 87.7 Å². The molecule has 5 aromatic carbocycles. The maximum absolute atomic E-state index is 15.7. The Morgan fingerprint density at radius 2 is 1.18 bits per heavy atom. The molecule has 0 aromatic heterocycles. The van der Waals surface area contributed by atoms with E-state index in [1.54, 1.807) is 37.2 Å². The van der Waals surface area contributed by atoms with E-state index in [4.69, 9.17) is 4.74 Å². The summed E-state index contributed by atoms with van der Waals surface area (Å²) in [5.74, 6) is -4.13. The lowest BCUT2D eigenvalue weighted by atomic mass is 9.79. The zero-order valence-electron chi connectivity index (χ0n) is 40.7. The van der Waals surface area contributed by atoms with Crippen LogP contribution >= 0.6 is 0 Å². The van der Waals surface area contributed by atoms with Crippen molar-refractivity contribution in [2.75, 3.05) is 36.1 Å². The Balaban J connectivity index is 1.52. The van der Waals surface area contributed by atoms with Crippen LogP contribution in [0.5, 0.6) is 5.75 Å². The third kappa shape index (κ3) is 12.5. The Labute approximate surface area is 441 Å². The lowest BCUT2D eigenvalue weighted by molar-refractivity contribution is -0.437. The highest BCUT2D eigenvalue weighted by Crippen LogP contribution is 2.52. The van der Waals surface area contributed by atoms with E-state index in [0.29, 0.717) is 12.1 Å². The number of anilines is 1. The van der Waals surface area contributed by atoms with Crippen molar-refractivity contribution < 1.29 is 101 Å². The summed E-state index contributed by atoms with van der Waals surface area (Å²) in [7, 11) is -29.7. The molecular weight excluding hydrogens is 1140 g/mol. The van der Waals surface area contributed by atoms with Crippen LogP contribution in [0.3, 0.4) is 0 Å². The van der Waals surface area contributed by atoms with Gasteiger partial charge in [-0.1, -0.05) is 26.0 Å². The third-order valence-electron chi connectivity index (χ3n) is 12.9. The van der Waals surface area contributed by atoms with Crippen molar-refractivity contribution in [1.82, 2.24) is 0 Å². The number of carbonyl (C=O) groups is 1. The predicted molar refractivity (Wildman–Crippen MR) is 277 cm³/mol. The van der Waals surface area contributed by atoms with Gasteiger partial charge < -0.3 is 14.7 Å². The largest absolute Gasteiger partial charge is 0.482 e. The fraction of sp³-hybridized carbons (Fsp3) is 0.277. The van der Waals surface area contributed by atoms with Crippen molar-refractivity contribution in [3.63, 3.8) is 0 Å². The smallest absolute Gasteiger partial charge is 0.341 e. The van der Waals surface area contributed by atoms with Crippen LogP contribution in [0.25, 0.3) is 27.1 Å². The van der Waals surface area contributed by atoms with E-state index in [-0.39, 0.29) is 98.3 Å². The Kier molecular flexibility index (Phi) is 15.5. The van der Waals surface area contributed by atoms with Crippen molar-refractivity contribution in [1.29, 1.82) is 0 Å². The zero-order valence-corrected chi connectivity index (χ0v) is 45.6. The van der Waals surface area contributed by atoms with E-state index in [0.717, 1.165) is 24.3 Å². The minimum Gasteiger partial charge on any atom is -0.482 e. The molecule has 77 heavy (non-hydrogen) atoms. The second-order valence-electron chi connectivity index (χ2n) is 18.9. The monoisotopic (exact) mass is 1190 g/mol. The minimum atomic E-state index is -5.18. The van der Waals surface area contributed by atoms with Gasteiger partial charge in [-0.25, -0.2) is 9.18 Å². The normalized spacial score (nSPS) is 16.7. The molecule has 414 valence electrons.